The van der Waals surface area contributed by atoms with Crippen LogP contribution in [0.3, 0.4) is 0 Å². The Kier molecular flexibility index (Phi) is 1.88. The molecular weight excluding hydrogens is 196 g/mol. The molecule has 0 unspecified atom stereocenters. The zero-order valence-corrected chi connectivity index (χ0v) is 8.07. The van der Waals surface area contributed by atoms with Crippen LogP contribution in [0, 0.1) is 0 Å². The Hall–Kier alpha value is -1.71. The van der Waals surface area contributed by atoms with Crippen LogP contribution in [-0.2, 0) is 4.74 Å². The highest BCUT2D eigenvalue weighted by molar-refractivity contribution is 5.90. The first kappa shape index (κ1) is 5.39. The number of carbonyl (C=O) groups is 1. The minimum Gasteiger partial charge on any atom is -0.493 e. The van der Waals surface area contributed by atoms with E-state index in [0.29, 0.717) is 0 Å². The molecule has 0 saturated carbocycles. The fraction of sp³-hybridized carbons (Fsp3) is 0.364. The molecule has 0 saturated heterocycles. The molecule has 1 rings (SSSR count). The summed E-state index contributed by atoms with van der Waals surface area (Å²) in [5, 5.41) is 0. The molecule has 4 heteroatoms. The summed E-state index contributed by atoms with van der Waals surface area (Å²) in [4.78, 5) is 11.6. The van der Waals surface area contributed by atoms with Crippen molar-refractivity contribution in [2.24, 2.45) is 0 Å². The molecule has 0 atom stereocenters. The van der Waals surface area contributed by atoms with E-state index in [0.717, 1.165) is 12.1 Å². The SMILES string of the molecule is [2H]C([2H])([2H])Oc1ccc(C(=O)OCC)cc1OC([2H])([2H])[2H]. The van der Waals surface area contributed by atoms with Crippen molar-refractivity contribution in [3.8, 4) is 11.5 Å². The standard InChI is InChI=1S/C11H14O4/c1-4-15-11(12)8-5-6-9(13-2)10(7-8)14-3/h5-7H,4H2,1-3H3/i2D3,3D3. The van der Waals surface area contributed by atoms with E-state index < -0.39 is 20.0 Å². The molecule has 0 bridgehead atoms. The molecular formula is C11H14O4. The first-order valence-corrected chi connectivity index (χ1v) is 4.21. The van der Waals surface area contributed by atoms with Gasteiger partial charge in [-0.05, 0) is 25.1 Å². The van der Waals surface area contributed by atoms with Crippen LogP contribution in [0.2, 0.25) is 0 Å². The number of hydrogen-bond donors (Lipinski definition) is 0. The molecule has 0 heterocycles. The van der Waals surface area contributed by atoms with Gasteiger partial charge in [0, 0.05) is 0 Å². The summed E-state index contributed by atoms with van der Waals surface area (Å²) >= 11 is 0. The van der Waals surface area contributed by atoms with Crippen molar-refractivity contribution in [2.75, 3.05) is 20.7 Å². The van der Waals surface area contributed by atoms with Crippen molar-refractivity contribution < 1.29 is 27.2 Å². The fourth-order valence-corrected chi connectivity index (χ4v) is 1.01. The van der Waals surface area contributed by atoms with Crippen LogP contribution < -0.4 is 9.47 Å². The summed E-state index contributed by atoms with van der Waals surface area (Å²) in [7, 11) is -5.60. The van der Waals surface area contributed by atoms with Crippen LogP contribution in [-0.4, -0.2) is 26.7 Å². The summed E-state index contributed by atoms with van der Waals surface area (Å²) in [5.41, 5.74) is 0.0222. The molecule has 0 aliphatic carbocycles. The van der Waals surface area contributed by atoms with Gasteiger partial charge < -0.3 is 14.2 Å². The third-order valence-electron chi connectivity index (χ3n) is 1.67. The van der Waals surface area contributed by atoms with Gasteiger partial charge in [-0.25, -0.2) is 4.79 Å². The van der Waals surface area contributed by atoms with E-state index in [-0.39, 0.29) is 23.7 Å². The minimum absolute atomic E-state index is 0.0222. The Bertz CT molecular complexity index is 508. The molecule has 0 fully saturated rings. The van der Waals surface area contributed by atoms with E-state index in [2.05, 4.69) is 9.47 Å². The normalized spacial score (nSPS) is 17.1. The van der Waals surface area contributed by atoms with Gasteiger partial charge in [-0.3, -0.25) is 0 Å². The van der Waals surface area contributed by atoms with E-state index in [1.807, 2.05) is 0 Å². The Morgan fingerprint density at radius 1 is 1.33 bits per heavy atom. The predicted octanol–water partition coefficient (Wildman–Crippen LogP) is 1.88. The van der Waals surface area contributed by atoms with Gasteiger partial charge in [-0.15, -0.1) is 0 Å². The lowest BCUT2D eigenvalue weighted by Crippen LogP contribution is -2.05. The molecule has 0 amide bonds. The summed E-state index contributed by atoms with van der Waals surface area (Å²) in [6.45, 7) is 1.76. The molecule has 1 aromatic carbocycles. The number of ether oxygens (including phenoxy) is 3. The highest BCUT2D eigenvalue weighted by Gasteiger charge is 2.10. The van der Waals surface area contributed by atoms with Gasteiger partial charge in [0.15, 0.2) is 11.5 Å². The average Bonchev–Trinajstić information content (AvgIpc) is 2.28. The van der Waals surface area contributed by atoms with E-state index in [9.17, 15) is 4.79 Å². The van der Waals surface area contributed by atoms with E-state index in [4.69, 9.17) is 13.0 Å². The van der Waals surface area contributed by atoms with E-state index >= 15 is 0 Å². The third-order valence-corrected chi connectivity index (χ3v) is 1.67. The molecule has 1 aromatic rings. The smallest absolute Gasteiger partial charge is 0.338 e. The molecule has 0 radical (unpaired) electrons. The maximum Gasteiger partial charge on any atom is 0.338 e. The van der Waals surface area contributed by atoms with Crippen molar-refractivity contribution in [1.82, 2.24) is 0 Å². The second kappa shape index (κ2) is 5.24. The number of esters is 1. The Balaban J connectivity index is 3.16. The van der Waals surface area contributed by atoms with Crippen molar-refractivity contribution in [3.63, 3.8) is 0 Å². The lowest BCUT2D eigenvalue weighted by atomic mass is 10.2. The van der Waals surface area contributed by atoms with Crippen molar-refractivity contribution in [2.45, 2.75) is 6.92 Å². The molecule has 0 aliphatic rings. The van der Waals surface area contributed by atoms with Crippen LogP contribution in [0.1, 0.15) is 25.5 Å². The second-order valence-electron chi connectivity index (χ2n) is 2.59. The number of carbonyl (C=O) groups excluding carboxylic acids is 1. The zero-order valence-electron chi connectivity index (χ0n) is 14.1. The quantitative estimate of drug-likeness (QED) is 0.721. The summed E-state index contributed by atoms with van der Waals surface area (Å²) in [6.07, 6.45) is 0. The lowest BCUT2D eigenvalue weighted by Gasteiger charge is -2.08. The molecule has 0 N–H and O–H groups in total. The maximum absolute atomic E-state index is 11.6. The molecule has 0 spiro atoms. The third kappa shape index (κ3) is 2.62. The van der Waals surface area contributed by atoms with Gasteiger partial charge in [-0.2, -0.15) is 0 Å². The van der Waals surface area contributed by atoms with Crippen molar-refractivity contribution >= 4 is 5.97 Å². The van der Waals surface area contributed by atoms with Crippen LogP contribution in [0.4, 0.5) is 0 Å². The van der Waals surface area contributed by atoms with Gasteiger partial charge in [0.2, 0.25) is 0 Å². The van der Waals surface area contributed by atoms with E-state index in [1.165, 1.54) is 6.07 Å². The molecule has 0 aromatic heterocycles. The van der Waals surface area contributed by atoms with Crippen LogP contribution in [0.5, 0.6) is 11.5 Å². The molecule has 0 aliphatic heterocycles. The van der Waals surface area contributed by atoms with Crippen molar-refractivity contribution in [1.29, 1.82) is 0 Å². The topological polar surface area (TPSA) is 44.8 Å². The highest BCUT2D eigenvalue weighted by Crippen LogP contribution is 2.27. The largest absolute Gasteiger partial charge is 0.493 e. The Morgan fingerprint density at radius 3 is 2.73 bits per heavy atom. The second-order valence-corrected chi connectivity index (χ2v) is 2.59. The van der Waals surface area contributed by atoms with Gasteiger partial charge >= 0.3 is 5.97 Å². The van der Waals surface area contributed by atoms with Gasteiger partial charge in [0.1, 0.15) is 0 Å². The number of methoxy groups -OCH3 is 2. The number of benzene rings is 1. The van der Waals surface area contributed by atoms with Crippen LogP contribution >= 0.6 is 0 Å². The Morgan fingerprint density at radius 2 is 2.07 bits per heavy atom. The van der Waals surface area contributed by atoms with Crippen LogP contribution in [0.15, 0.2) is 18.2 Å². The summed E-state index contributed by atoms with van der Waals surface area (Å²) in [6, 6.07) is 3.45. The predicted molar refractivity (Wildman–Crippen MR) is 55.5 cm³/mol. The summed E-state index contributed by atoms with van der Waals surface area (Å²) < 4.78 is 56.3. The average molecular weight is 216 g/mol. The lowest BCUT2D eigenvalue weighted by molar-refractivity contribution is 0.0526. The minimum atomic E-state index is -2.82. The highest BCUT2D eigenvalue weighted by atomic mass is 16.5. The molecule has 4 nitrogen and oxygen atoms in total. The molecule has 15 heavy (non-hydrogen) atoms. The monoisotopic (exact) mass is 216 g/mol. The Labute approximate surface area is 97.2 Å². The number of hydrogen-bond acceptors (Lipinski definition) is 4. The summed E-state index contributed by atoms with van der Waals surface area (Å²) in [5.74, 6) is -1.37. The van der Waals surface area contributed by atoms with E-state index in [1.54, 1.807) is 6.92 Å². The zero-order chi connectivity index (χ0) is 16.3. The van der Waals surface area contributed by atoms with Crippen molar-refractivity contribution in [3.05, 3.63) is 23.8 Å². The van der Waals surface area contributed by atoms with Crippen LogP contribution in [0.25, 0.3) is 0 Å². The van der Waals surface area contributed by atoms with Gasteiger partial charge in [-0.1, -0.05) is 0 Å². The number of rotatable bonds is 4. The van der Waals surface area contributed by atoms with Gasteiger partial charge in [0.05, 0.1) is 34.5 Å². The first-order chi connectivity index (χ1) is 9.52. The van der Waals surface area contributed by atoms with Gasteiger partial charge in [0.25, 0.3) is 0 Å². The molecule has 82 valence electrons. The maximum atomic E-state index is 11.6. The fourth-order valence-electron chi connectivity index (χ4n) is 1.01. The first-order valence-electron chi connectivity index (χ1n) is 7.21.